The van der Waals surface area contributed by atoms with Crippen LogP contribution in [-0.4, -0.2) is 30.6 Å². The lowest BCUT2D eigenvalue weighted by Gasteiger charge is -2.13. The molecular formula is C14H33N2O2P. The van der Waals surface area contributed by atoms with Crippen molar-refractivity contribution in [1.29, 1.82) is 0 Å². The maximum Gasteiger partial charge on any atom is 0.227 e. The van der Waals surface area contributed by atoms with Crippen molar-refractivity contribution in [3.8, 4) is 0 Å². The topological polar surface area (TPSA) is 61.4 Å². The van der Waals surface area contributed by atoms with Crippen molar-refractivity contribution in [3.63, 3.8) is 0 Å². The molecule has 0 radical (unpaired) electrons. The highest BCUT2D eigenvalue weighted by Crippen LogP contribution is 2.36. The SMILES string of the molecule is CCCCCCNCP(=O)(O)CNCCCCCC. The van der Waals surface area contributed by atoms with Crippen molar-refractivity contribution < 1.29 is 9.46 Å². The smallest absolute Gasteiger partial charge is 0.227 e. The van der Waals surface area contributed by atoms with Crippen LogP contribution in [0, 0.1) is 0 Å². The maximum atomic E-state index is 11.8. The summed E-state index contributed by atoms with van der Waals surface area (Å²) in [6.07, 6.45) is 10.0. The highest BCUT2D eigenvalue weighted by Gasteiger charge is 2.16. The highest BCUT2D eigenvalue weighted by atomic mass is 31.2. The van der Waals surface area contributed by atoms with Gasteiger partial charge in [-0.15, -0.1) is 0 Å². The molecule has 0 saturated heterocycles. The quantitative estimate of drug-likeness (QED) is 0.339. The molecule has 0 aliphatic rings. The molecule has 5 heteroatoms. The minimum atomic E-state index is -3.03. The van der Waals surface area contributed by atoms with Crippen molar-refractivity contribution in [2.24, 2.45) is 0 Å². The van der Waals surface area contributed by atoms with Crippen LogP contribution in [0.2, 0.25) is 0 Å². The van der Waals surface area contributed by atoms with Crippen LogP contribution in [0.25, 0.3) is 0 Å². The van der Waals surface area contributed by atoms with Gasteiger partial charge in [0.15, 0.2) is 0 Å². The molecule has 0 spiro atoms. The van der Waals surface area contributed by atoms with Crippen molar-refractivity contribution in [1.82, 2.24) is 10.6 Å². The molecule has 19 heavy (non-hydrogen) atoms. The van der Waals surface area contributed by atoms with E-state index in [9.17, 15) is 9.46 Å². The Labute approximate surface area is 119 Å². The van der Waals surface area contributed by atoms with Gasteiger partial charge in [0.1, 0.15) is 0 Å². The van der Waals surface area contributed by atoms with Gasteiger partial charge in [-0.25, -0.2) is 0 Å². The molecule has 4 nitrogen and oxygen atoms in total. The minimum absolute atomic E-state index is 0.237. The van der Waals surface area contributed by atoms with Gasteiger partial charge in [0.05, 0.1) is 12.6 Å². The number of hydrogen-bond donors (Lipinski definition) is 3. The van der Waals surface area contributed by atoms with E-state index in [4.69, 9.17) is 0 Å². The average molecular weight is 292 g/mol. The zero-order chi connectivity index (χ0) is 14.4. The number of nitrogens with one attached hydrogen (secondary N) is 2. The first kappa shape index (κ1) is 19.1. The average Bonchev–Trinajstić information content (AvgIpc) is 2.38. The van der Waals surface area contributed by atoms with E-state index in [1.165, 1.54) is 38.5 Å². The monoisotopic (exact) mass is 292 g/mol. The standard InChI is InChI=1S/C14H33N2O2P/c1-3-5-7-9-11-15-13-19(17,18)14-16-12-10-8-6-4-2/h15-16H,3-14H2,1-2H3,(H,17,18). The van der Waals surface area contributed by atoms with Crippen LogP contribution in [0.3, 0.4) is 0 Å². The Balaban J connectivity index is 3.39. The first-order valence-electron chi connectivity index (χ1n) is 7.84. The Kier molecular flexibility index (Phi) is 13.2. The lowest BCUT2D eigenvalue weighted by molar-refractivity contribution is 0.462. The second-order valence-corrected chi connectivity index (χ2v) is 7.61. The number of rotatable bonds is 14. The second kappa shape index (κ2) is 13.1. The van der Waals surface area contributed by atoms with Gasteiger partial charge in [-0.05, 0) is 25.9 Å². The van der Waals surface area contributed by atoms with Crippen molar-refractivity contribution in [3.05, 3.63) is 0 Å². The van der Waals surface area contributed by atoms with Crippen LogP contribution in [0.4, 0.5) is 0 Å². The van der Waals surface area contributed by atoms with E-state index in [0.717, 1.165) is 25.9 Å². The van der Waals surface area contributed by atoms with Crippen molar-refractivity contribution in [2.75, 3.05) is 25.7 Å². The summed E-state index contributed by atoms with van der Waals surface area (Å²) in [5, 5.41) is 6.19. The van der Waals surface area contributed by atoms with Crippen LogP contribution < -0.4 is 10.6 Å². The molecular weight excluding hydrogens is 259 g/mol. The predicted molar refractivity (Wildman–Crippen MR) is 83.8 cm³/mol. The fourth-order valence-electron chi connectivity index (χ4n) is 1.92. The molecule has 0 heterocycles. The molecule has 0 saturated carbocycles. The van der Waals surface area contributed by atoms with E-state index >= 15 is 0 Å². The summed E-state index contributed by atoms with van der Waals surface area (Å²) in [5.74, 6) is 0. The Morgan fingerprint density at radius 1 is 0.789 bits per heavy atom. The molecule has 0 atom stereocenters. The van der Waals surface area contributed by atoms with Crippen molar-refractivity contribution in [2.45, 2.75) is 65.2 Å². The third kappa shape index (κ3) is 14.3. The lowest BCUT2D eigenvalue weighted by atomic mass is 10.2. The second-order valence-electron chi connectivity index (χ2n) is 5.28. The number of hydrogen-bond acceptors (Lipinski definition) is 3. The first-order valence-corrected chi connectivity index (χ1v) is 9.87. The van der Waals surface area contributed by atoms with Gasteiger partial charge in [-0.2, -0.15) is 0 Å². The van der Waals surface area contributed by atoms with Crippen LogP contribution >= 0.6 is 7.37 Å². The van der Waals surface area contributed by atoms with Crippen LogP contribution in [-0.2, 0) is 4.57 Å². The maximum absolute atomic E-state index is 11.8. The zero-order valence-corrected chi connectivity index (χ0v) is 13.7. The molecule has 0 amide bonds. The van der Waals surface area contributed by atoms with E-state index < -0.39 is 7.37 Å². The van der Waals surface area contributed by atoms with E-state index in [0.29, 0.717) is 0 Å². The summed E-state index contributed by atoms with van der Waals surface area (Å²) in [6, 6.07) is 0. The van der Waals surface area contributed by atoms with Gasteiger partial charge in [0.2, 0.25) is 7.37 Å². The summed E-state index contributed by atoms with van der Waals surface area (Å²) < 4.78 is 11.8. The Hall–Kier alpha value is 0.110. The van der Waals surface area contributed by atoms with Gasteiger partial charge in [-0.1, -0.05) is 52.4 Å². The molecule has 3 N–H and O–H groups in total. The first-order chi connectivity index (χ1) is 9.12. The highest BCUT2D eigenvalue weighted by molar-refractivity contribution is 7.57. The van der Waals surface area contributed by atoms with Crippen molar-refractivity contribution >= 4 is 7.37 Å². The van der Waals surface area contributed by atoms with E-state index in [1.54, 1.807) is 0 Å². The van der Waals surface area contributed by atoms with Gasteiger partial charge in [0.25, 0.3) is 0 Å². The summed E-state index contributed by atoms with van der Waals surface area (Å²) in [5.41, 5.74) is 0. The van der Waals surface area contributed by atoms with E-state index in [2.05, 4.69) is 24.5 Å². The van der Waals surface area contributed by atoms with Crippen LogP contribution in [0.15, 0.2) is 0 Å². The van der Waals surface area contributed by atoms with Gasteiger partial charge < -0.3 is 15.5 Å². The fourth-order valence-corrected chi connectivity index (χ4v) is 3.04. The Morgan fingerprint density at radius 2 is 1.21 bits per heavy atom. The summed E-state index contributed by atoms with van der Waals surface area (Å²) in [6.45, 7) is 6.06. The normalized spacial score (nSPS) is 11.9. The molecule has 0 aromatic carbocycles. The van der Waals surface area contributed by atoms with Crippen LogP contribution in [0.5, 0.6) is 0 Å². The lowest BCUT2D eigenvalue weighted by Crippen LogP contribution is -2.23. The zero-order valence-electron chi connectivity index (χ0n) is 12.8. The molecule has 0 unspecified atom stereocenters. The Morgan fingerprint density at radius 3 is 1.58 bits per heavy atom. The van der Waals surface area contributed by atoms with Gasteiger partial charge in [-0.3, -0.25) is 4.57 Å². The third-order valence-corrected chi connectivity index (χ3v) is 4.57. The predicted octanol–water partition coefficient (Wildman–Crippen LogP) is 3.51. The largest absolute Gasteiger partial charge is 0.343 e. The molecule has 116 valence electrons. The molecule has 0 aromatic heterocycles. The van der Waals surface area contributed by atoms with Crippen LogP contribution in [0.1, 0.15) is 65.2 Å². The van der Waals surface area contributed by atoms with E-state index in [1.807, 2.05) is 0 Å². The minimum Gasteiger partial charge on any atom is -0.343 e. The third-order valence-electron chi connectivity index (χ3n) is 3.13. The van der Waals surface area contributed by atoms with E-state index in [-0.39, 0.29) is 12.6 Å². The summed E-state index contributed by atoms with van der Waals surface area (Å²) >= 11 is 0. The Bertz CT molecular complexity index is 217. The summed E-state index contributed by atoms with van der Waals surface area (Å²) in [7, 11) is -3.03. The molecule has 0 rings (SSSR count). The molecule has 0 aliphatic heterocycles. The summed E-state index contributed by atoms with van der Waals surface area (Å²) in [4.78, 5) is 9.75. The molecule has 0 fully saturated rings. The van der Waals surface area contributed by atoms with Gasteiger partial charge in [0, 0.05) is 0 Å². The molecule has 0 bridgehead atoms. The number of unbranched alkanes of at least 4 members (excludes halogenated alkanes) is 6. The molecule has 0 aliphatic carbocycles. The fraction of sp³-hybridized carbons (Fsp3) is 1.00. The van der Waals surface area contributed by atoms with Gasteiger partial charge >= 0.3 is 0 Å². The molecule has 0 aromatic rings.